The fourth-order valence-electron chi connectivity index (χ4n) is 3.56. The van der Waals surface area contributed by atoms with Crippen LogP contribution in [-0.4, -0.2) is 34.9 Å². The Hall–Kier alpha value is -3.34. The Labute approximate surface area is 185 Å². The van der Waals surface area contributed by atoms with Gasteiger partial charge in [0, 0.05) is 10.7 Å². The summed E-state index contributed by atoms with van der Waals surface area (Å²) in [5.74, 6) is 0.243. The first kappa shape index (κ1) is 20.9. The van der Waals surface area contributed by atoms with Gasteiger partial charge < -0.3 is 15.4 Å². The molecule has 3 aromatic rings. The smallest absolute Gasteiger partial charge is 0.259 e. The van der Waals surface area contributed by atoms with E-state index in [1.807, 2.05) is 19.1 Å². The van der Waals surface area contributed by atoms with Crippen molar-refractivity contribution in [2.24, 2.45) is 0 Å². The van der Waals surface area contributed by atoms with Crippen molar-refractivity contribution in [1.82, 2.24) is 15.1 Å². The van der Waals surface area contributed by atoms with Crippen LogP contribution in [0.25, 0.3) is 5.69 Å². The van der Waals surface area contributed by atoms with E-state index in [1.54, 1.807) is 35.0 Å². The molecule has 1 amide bonds. The summed E-state index contributed by atoms with van der Waals surface area (Å²) in [5, 5.41) is 20.6. The topological polar surface area (TPSA) is 92.0 Å². The van der Waals surface area contributed by atoms with Gasteiger partial charge in [-0.3, -0.25) is 4.79 Å². The number of ether oxygens (including phenoxy) is 1. The van der Waals surface area contributed by atoms with E-state index in [0.717, 1.165) is 31.6 Å². The molecule has 1 aromatic heterocycles. The number of benzene rings is 2. The molecule has 4 rings (SSSR count). The average Bonchev–Trinajstić information content (AvgIpc) is 3.17. The van der Waals surface area contributed by atoms with Gasteiger partial charge in [0.15, 0.2) is 0 Å². The molecule has 0 bridgehead atoms. The van der Waals surface area contributed by atoms with E-state index in [1.165, 1.54) is 6.20 Å². The largest absolute Gasteiger partial charge is 0.489 e. The Morgan fingerprint density at radius 3 is 2.71 bits per heavy atom. The predicted molar refractivity (Wildman–Crippen MR) is 119 cm³/mol. The molecule has 0 spiro atoms. The second-order valence-corrected chi connectivity index (χ2v) is 7.81. The number of hydrogen-bond donors (Lipinski definition) is 2. The maximum absolute atomic E-state index is 12.8. The van der Waals surface area contributed by atoms with Crippen molar-refractivity contribution in [3.8, 4) is 17.5 Å². The van der Waals surface area contributed by atoms with Gasteiger partial charge in [-0.2, -0.15) is 10.4 Å². The van der Waals surface area contributed by atoms with Crippen LogP contribution in [0.5, 0.6) is 5.75 Å². The van der Waals surface area contributed by atoms with Gasteiger partial charge in [0.2, 0.25) is 0 Å². The number of hydrogen-bond acceptors (Lipinski definition) is 5. The maximum atomic E-state index is 12.8. The molecule has 2 aromatic carbocycles. The van der Waals surface area contributed by atoms with Gasteiger partial charge in [-0.1, -0.05) is 11.6 Å². The molecule has 31 heavy (non-hydrogen) atoms. The van der Waals surface area contributed by atoms with Crippen LogP contribution >= 0.6 is 11.6 Å². The Kier molecular flexibility index (Phi) is 6.21. The van der Waals surface area contributed by atoms with Gasteiger partial charge >= 0.3 is 0 Å². The maximum Gasteiger partial charge on any atom is 0.259 e. The van der Waals surface area contributed by atoms with E-state index >= 15 is 0 Å². The molecular formula is C23H22ClN5O2. The van der Waals surface area contributed by atoms with Gasteiger partial charge in [-0.25, -0.2) is 4.68 Å². The lowest BCUT2D eigenvalue weighted by atomic mass is 10.1. The third-order valence-electron chi connectivity index (χ3n) is 5.26. The van der Waals surface area contributed by atoms with Crippen molar-refractivity contribution in [1.29, 1.82) is 5.26 Å². The molecule has 1 aliphatic heterocycles. The van der Waals surface area contributed by atoms with Crippen LogP contribution in [-0.2, 0) is 0 Å². The fourth-order valence-corrected chi connectivity index (χ4v) is 3.69. The Morgan fingerprint density at radius 2 is 2.00 bits per heavy atom. The Morgan fingerprint density at radius 1 is 1.26 bits per heavy atom. The summed E-state index contributed by atoms with van der Waals surface area (Å²) < 4.78 is 7.69. The molecule has 0 aliphatic carbocycles. The van der Waals surface area contributed by atoms with Crippen molar-refractivity contribution in [3.63, 3.8) is 0 Å². The van der Waals surface area contributed by atoms with Crippen molar-refractivity contribution >= 4 is 23.2 Å². The highest BCUT2D eigenvalue weighted by Crippen LogP contribution is 2.26. The van der Waals surface area contributed by atoms with Crippen LogP contribution in [0.4, 0.5) is 5.69 Å². The van der Waals surface area contributed by atoms with Gasteiger partial charge in [-0.15, -0.1) is 0 Å². The number of anilines is 1. The summed E-state index contributed by atoms with van der Waals surface area (Å²) in [4.78, 5) is 12.8. The Bertz CT molecular complexity index is 1130. The molecule has 158 valence electrons. The van der Waals surface area contributed by atoms with E-state index in [2.05, 4.69) is 21.8 Å². The van der Waals surface area contributed by atoms with Crippen LogP contribution in [0.15, 0.2) is 48.7 Å². The standard InChI is InChI=1S/C23H22ClN5O2/c1-15-21(14-27-29(15)19-5-2-17(24)3-6-19)23(30)28-18-4-7-22(16(12-18)13-25)31-20-8-10-26-11-9-20/h2-7,12,14,20,26H,8-11H2,1H3,(H,28,30). The van der Waals surface area contributed by atoms with E-state index < -0.39 is 0 Å². The molecule has 1 aliphatic rings. The molecule has 0 unspecified atom stereocenters. The molecule has 1 fully saturated rings. The molecular weight excluding hydrogens is 414 g/mol. The number of halogens is 1. The summed E-state index contributed by atoms with van der Waals surface area (Å²) in [5.41, 5.74) is 2.88. The molecule has 7 nitrogen and oxygen atoms in total. The van der Waals surface area contributed by atoms with E-state index in [-0.39, 0.29) is 12.0 Å². The quantitative estimate of drug-likeness (QED) is 0.629. The summed E-state index contributed by atoms with van der Waals surface area (Å²) >= 11 is 5.95. The third-order valence-corrected chi connectivity index (χ3v) is 5.52. The molecule has 2 N–H and O–H groups in total. The number of nitriles is 1. The van der Waals surface area contributed by atoms with Gasteiger partial charge in [0.1, 0.15) is 17.9 Å². The van der Waals surface area contributed by atoms with Crippen LogP contribution in [0.1, 0.15) is 34.5 Å². The van der Waals surface area contributed by atoms with Gasteiger partial charge in [0.05, 0.1) is 28.7 Å². The number of nitrogens with zero attached hydrogens (tertiary/aromatic N) is 3. The lowest BCUT2D eigenvalue weighted by Crippen LogP contribution is -2.34. The predicted octanol–water partition coefficient (Wildman–Crippen LogP) is 4.09. The van der Waals surface area contributed by atoms with Crippen LogP contribution < -0.4 is 15.4 Å². The van der Waals surface area contributed by atoms with Gasteiger partial charge in [-0.05, 0) is 75.3 Å². The SMILES string of the molecule is Cc1c(C(=O)Nc2ccc(OC3CCNCC3)c(C#N)c2)cnn1-c1ccc(Cl)cc1. The summed E-state index contributed by atoms with van der Waals surface area (Å²) in [6.45, 7) is 3.64. The highest BCUT2D eigenvalue weighted by Gasteiger charge is 2.18. The highest BCUT2D eigenvalue weighted by molar-refractivity contribution is 6.30. The molecule has 0 radical (unpaired) electrons. The number of piperidine rings is 1. The first-order valence-electron chi connectivity index (χ1n) is 10.1. The highest BCUT2D eigenvalue weighted by atomic mass is 35.5. The summed E-state index contributed by atoms with van der Waals surface area (Å²) in [6.07, 6.45) is 3.43. The Balaban J connectivity index is 1.49. The first-order chi connectivity index (χ1) is 15.0. The molecule has 2 heterocycles. The van der Waals surface area contributed by atoms with Crippen LogP contribution in [0.3, 0.4) is 0 Å². The second kappa shape index (κ2) is 9.21. The zero-order valence-corrected chi connectivity index (χ0v) is 17.8. The van der Waals surface area contributed by atoms with Crippen molar-refractivity contribution in [3.05, 3.63) is 70.5 Å². The second-order valence-electron chi connectivity index (χ2n) is 7.38. The number of carbonyl (C=O) groups is 1. The third kappa shape index (κ3) is 4.71. The normalized spacial score (nSPS) is 14.1. The number of rotatable bonds is 5. The fraction of sp³-hybridized carbons (Fsp3) is 0.261. The zero-order valence-electron chi connectivity index (χ0n) is 17.1. The minimum atomic E-state index is -0.298. The minimum Gasteiger partial charge on any atom is -0.489 e. The lowest BCUT2D eigenvalue weighted by molar-refractivity contribution is 0.102. The molecule has 1 saturated heterocycles. The summed E-state index contributed by atoms with van der Waals surface area (Å²) in [7, 11) is 0. The first-order valence-corrected chi connectivity index (χ1v) is 10.5. The molecule has 0 saturated carbocycles. The van der Waals surface area contributed by atoms with E-state index in [4.69, 9.17) is 16.3 Å². The number of amides is 1. The average molecular weight is 436 g/mol. The minimum absolute atomic E-state index is 0.0927. The van der Waals surface area contributed by atoms with Crippen LogP contribution in [0.2, 0.25) is 5.02 Å². The number of aromatic nitrogens is 2. The van der Waals surface area contributed by atoms with Gasteiger partial charge in [0.25, 0.3) is 5.91 Å². The summed E-state index contributed by atoms with van der Waals surface area (Å²) in [6, 6.07) is 14.5. The zero-order chi connectivity index (χ0) is 21.8. The van der Waals surface area contributed by atoms with Crippen molar-refractivity contribution in [2.45, 2.75) is 25.9 Å². The lowest BCUT2D eigenvalue weighted by Gasteiger charge is -2.24. The number of carbonyl (C=O) groups excluding carboxylic acids is 1. The van der Waals surface area contributed by atoms with E-state index in [0.29, 0.717) is 33.3 Å². The molecule has 8 heteroatoms. The monoisotopic (exact) mass is 435 g/mol. The molecule has 0 atom stereocenters. The van der Waals surface area contributed by atoms with Crippen LogP contribution in [0, 0.1) is 18.3 Å². The number of nitrogens with one attached hydrogen (secondary N) is 2. The van der Waals surface area contributed by atoms with E-state index in [9.17, 15) is 10.1 Å². The van der Waals surface area contributed by atoms with Crippen molar-refractivity contribution in [2.75, 3.05) is 18.4 Å². The van der Waals surface area contributed by atoms with Crippen molar-refractivity contribution < 1.29 is 9.53 Å².